The van der Waals surface area contributed by atoms with Crippen molar-refractivity contribution >= 4 is 5.95 Å². The minimum Gasteiger partial charge on any atom is -0.469 e. The summed E-state index contributed by atoms with van der Waals surface area (Å²) in [6.45, 7) is 0.513. The largest absolute Gasteiger partial charge is 0.469 e. The van der Waals surface area contributed by atoms with Crippen molar-refractivity contribution in [3.63, 3.8) is 0 Å². The second kappa shape index (κ2) is 7.86. The van der Waals surface area contributed by atoms with Crippen LogP contribution in [0.5, 0.6) is 5.88 Å². The Balaban J connectivity index is 1.48. The van der Waals surface area contributed by atoms with E-state index >= 15 is 0 Å². The van der Waals surface area contributed by atoms with Gasteiger partial charge >= 0.3 is 6.18 Å². The Hall–Kier alpha value is -2.49. The fourth-order valence-electron chi connectivity index (χ4n) is 3.45. The molecule has 10 heteroatoms. The lowest BCUT2D eigenvalue weighted by molar-refractivity contribution is -0.142. The van der Waals surface area contributed by atoms with Crippen LogP contribution in [-0.4, -0.2) is 45.3 Å². The number of nitrogens with one attached hydrogen (secondary N) is 1. The van der Waals surface area contributed by atoms with Crippen LogP contribution in [0.1, 0.15) is 42.9 Å². The summed E-state index contributed by atoms with van der Waals surface area (Å²) >= 11 is 0. The van der Waals surface area contributed by atoms with Crippen LogP contribution in [0.4, 0.5) is 19.1 Å². The van der Waals surface area contributed by atoms with Gasteiger partial charge in [0, 0.05) is 36.7 Å². The van der Waals surface area contributed by atoms with Crippen LogP contribution in [0, 0.1) is 0 Å². The summed E-state index contributed by atoms with van der Waals surface area (Å²) < 4.78 is 50.0. The van der Waals surface area contributed by atoms with Crippen molar-refractivity contribution in [3.8, 4) is 5.88 Å². The van der Waals surface area contributed by atoms with Gasteiger partial charge in [0.1, 0.15) is 11.7 Å². The highest BCUT2D eigenvalue weighted by atomic mass is 19.4. The van der Waals surface area contributed by atoms with Crippen LogP contribution in [0.3, 0.4) is 0 Å². The van der Waals surface area contributed by atoms with Crippen molar-refractivity contribution in [1.82, 2.24) is 19.9 Å². The predicted octanol–water partition coefficient (Wildman–Crippen LogP) is 3.20. The lowest BCUT2D eigenvalue weighted by atomic mass is 9.84. The third-order valence-corrected chi connectivity index (χ3v) is 4.95. The molecule has 0 radical (unpaired) electrons. The van der Waals surface area contributed by atoms with Gasteiger partial charge in [0.2, 0.25) is 11.8 Å². The Labute approximate surface area is 159 Å². The maximum atomic E-state index is 13.2. The summed E-state index contributed by atoms with van der Waals surface area (Å²) in [7, 11) is 0. The Kier molecular flexibility index (Phi) is 5.29. The molecule has 3 heterocycles. The van der Waals surface area contributed by atoms with Crippen molar-refractivity contribution in [2.45, 2.75) is 49.9 Å². The molecule has 0 bridgehead atoms. The van der Waals surface area contributed by atoms with Gasteiger partial charge in [-0.1, -0.05) is 6.42 Å². The van der Waals surface area contributed by atoms with Gasteiger partial charge in [0.25, 0.3) is 0 Å². The maximum Gasteiger partial charge on any atom is 0.423 e. The summed E-state index contributed by atoms with van der Waals surface area (Å²) in [6, 6.07) is 0.0392. The average Bonchev–Trinajstić information content (AvgIpc) is 2.65. The number of nitrogens with zero attached hydrogens (tertiary/aromatic N) is 4. The van der Waals surface area contributed by atoms with E-state index in [2.05, 4.69) is 25.3 Å². The van der Waals surface area contributed by atoms with Crippen LogP contribution < -0.4 is 10.1 Å². The lowest BCUT2D eigenvalue weighted by Crippen LogP contribution is -2.39. The molecule has 0 amide bonds. The first-order valence-electron chi connectivity index (χ1n) is 9.20. The SMILES string of the molecule is FC(F)(F)c1cnc(N[C@@H]2CCC[C@H](c3cnccn3)C2)nc1OC1COC1. The van der Waals surface area contributed by atoms with E-state index in [9.17, 15) is 13.2 Å². The fourth-order valence-corrected chi connectivity index (χ4v) is 3.45. The zero-order valence-electron chi connectivity index (χ0n) is 15.0. The first-order chi connectivity index (χ1) is 13.5. The highest BCUT2D eigenvalue weighted by molar-refractivity contribution is 5.36. The Bertz CT molecular complexity index is 802. The molecule has 7 nitrogen and oxygen atoms in total. The van der Waals surface area contributed by atoms with Gasteiger partial charge in [-0.2, -0.15) is 18.2 Å². The quantitative estimate of drug-likeness (QED) is 0.832. The third kappa shape index (κ3) is 4.32. The highest BCUT2D eigenvalue weighted by Crippen LogP contribution is 2.37. The molecule has 28 heavy (non-hydrogen) atoms. The molecule has 1 aliphatic heterocycles. The minimum absolute atomic E-state index is 0.0392. The molecule has 4 rings (SSSR count). The van der Waals surface area contributed by atoms with Crippen LogP contribution in [-0.2, 0) is 10.9 Å². The van der Waals surface area contributed by atoms with Crippen LogP contribution in [0.25, 0.3) is 0 Å². The van der Waals surface area contributed by atoms with E-state index in [1.807, 2.05) is 0 Å². The molecule has 2 atom stereocenters. The summed E-state index contributed by atoms with van der Waals surface area (Å²) in [5.41, 5.74) is -0.0534. The Morgan fingerprint density at radius 1 is 1.11 bits per heavy atom. The van der Waals surface area contributed by atoms with E-state index in [1.54, 1.807) is 18.6 Å². The van der Waals surface area contributed by atoms with Gasteiger partial charge in [0.15, 0.2) is 0 Å². The van der Waals surface area contributed by atoms with Crippen molar-refractivity contribution in [2.24, 2.45) is 0 Å². The summed E-state index contributed by atoms with van der Waals surface area (Å²) in [5.74, 6) is -0.0788. The molecule has 0 unspecified atom stereocenters. The van der Waals surface area contributed by atoms with Gasteiger partial charge in [-0.15, -0.1) is 0 Å². The number of anilines is 1. The third-order valence-electron chi connectivity index (χ3n) is 4.95. The summed E-state index contributed by atoms with van der Waals surface area (Å²) in [5, 5.41) is 3.16. The molecule has 1 saturated carbocycles. The number of aromatic nitrogens is 4. The molecule has 2 aromatic rings. The van der Waals surface area contributed by atoms with Crippen molar-refractivity contribution < 1.29 is 22.6 Å². The first kappa shape index (κ1) is 18.9. The number of ether oxygens (including phenoxy) is 2. The molecular formula is C18H20F3N5O2. The lowest BCUT2D eigenvalue weighted by Gasteiger charge is -2.30. The summed E-state index contributed by atoms with van der Waals surface area (Å²) in [4.78, 5) is 16.4. The Morgan fingerprint density at radius 2 is 1.96 bits per heavy atom. The zero-order valence-corrected chi connectivity index (χ0v) is 15.0. The number of halogens is 3. The molecular weight excluding hydrogens is 375 g/mol. The van der Waals surface area contributed by atoms with Gasteiger partial charge in [-0.25, -0.2) is 4.98 Å². The molecule has 2 aromatic heterocycles. The number of hydrogen-bond donors (Lipinski definition) is 1. The van der Waals surface area contributed by atoms with Gasteiger partial charge in [-0.3, -0.25) is 9.97 Å². The molecule has 2 fully saturated rings. The molecule has 1 aliphatic carbocycles. The molecule has 0 spiro atoms. The van der Waals surface area contributed by atoms with Crippen molar-refractivity contribution in [2.75, 3.05) is 18.5 Å². The molecule has 150 valence electrons. The Morgan fingerprint density at radius 3 is 2.64 bits per heavy atom. The van der Waals surface area contributed by atoms with Crippen LogP contribution in [0.2, 0.25) is 0 Å². The second-order valence-corrected chi connectivity index (χ2v) is 7.02. The number of hydrogen-bond acceptors (Lipinski definition) is 7. The normalized spacial score (nSPS) is 23.1. The van der Waals surface area contributed by atoms with E-state index in [-0.39, 0.29) is 31.1 Å². The van der Waals surface area contributed by atoms with Crippen molar-refractivity contribution in [1.29, 1.82) is 0 Å². The molecule has 2 aliphatic rings. The van der Waals surface area contributed by atoms with E-state index in [0.29, 0.717) is 0 Å². The molecule has 1 saturated heterocycles. The smallest absolute Gasteiger partial charge is 0.423 e. The second-order valence-electron chi connectivity index (χ2n) is 7.02. The van der Waals surface area contributed by atoms with E-state index in [0.717, 1.165) is 37.6 Å². The standard InChI is InChI=1S/C18H20F3N5O2/c19-18(20,21)14-7-24-17(26-16(14)28-13-9-27-10-13)25-12-3-1-2-11(6-12)15-8-22-4-5-23-15/h4-5,7-8,11-13H,1-3,6,9-10H2,(H,24,25,26)/t11-,12+/m0/s1. The highest BCUT2D eigenvalue weighted by Gasteiger charge is 2.38. The number of alkyl halides is 3. The maximum absolute atomic E-state index is 13.2. The topological polar surface area (TPSA) is 82.1 Å². The van der Waals surface area contributed by atoms with Gasteiger partial charge in [0.05, 0.1) is 18.9 Å². The van der Waals surface area contributed by atoms with E-state index < -0.39 is 23.7 Å². The van der Waals surface area contributed by atoms with Gasteiger partial charge < -0.3 is 14.8 Å². The fraction of sp³-hybridized carbons (Fsp3) is 0.556. The van der Waals surface area contributed by atoms with Crippen LogP contribution >= 0.6 is 0 Å². The summed E-state index contributed by atoms with van der Waals surface area (Å²) in [6.07, 6.45) is 4.47. The molecule has 1 N–H and O–H groups in total. The zero-order chi connectivity index (χ0) is 19.6. The minimum atomic E-state index is -4.58. The van der Waals surface area contributed by atoms with Gasteiger partial charge in [-0.05, 0) is 19.3 Å². The van der Waals surface area contributed by atoms with Crippen LogP contribution in [0.15, 0.2) is 24.8 Å². The average molecular weight is 395 g/mol. The predicted molar refractivity (Wildman–Crippen MR) is 92.9 cm³/mol. The first-order valence-corrected chi connectivity index (χ1v) is 9.20. The van der Waals surface area contributed by atoms with E-state index in [4.69, 9.17) is 9.47 Å². The van der Waals surface area contributed by atoms with Crippen molar-refractivity contribution in [3.05, 3.63) is 36.0 Å². The number of rotatable bonds is 5. The molecule has 0 aromatic carbocycles. The monoisotopic (exact) mass is 395 g/mol. The van der Waals surface area contributed by atoms with E-state index in [1.165, 1.54) is 0 Å².